The molecular weight excluding hydrogens is 488 g/mol. The van der Waals surface area contributed by atoms with Gasteiger partial charge < -0.3 is 10.2 Å². The van der Waals surface area contributed by atoms with Gasteiger partial charge in [0.15, 0.2) is 0 Å². The molecule has 1 heterocycles. The first-order valence-electron chi connectivity index (χ1n) is 12.8. The molecule has 1 aliphatic rings. The summed E-state index contributed by atoms with van der Waals surface area (Å²) in [6.45, 7) is 5.23. The number of thioether (sulfide) groups is 1. The van der Waals surface area contributed by atoms with Gasteiger partial charge in [-0.25, -0.2) is 0 Å². The highest BCUT2D eigenvalue weighted by atomic mass is 32.2. The van der Waals surface area contributed by atoms with Crippen LogP contribution in [-0.4, -0.2) is 18.4 Å². The summed E-state index contributed by atoms with van der Waals surface area (Å²) in [6, 6.07) is 31.9. The highest BCUT2D eigenvalue weighted by Gasteiger charge is 2.29. The second-order valence-electron chi connectivity index (χ2n) is 9.51. The molecule has 1 aliphatic heterocycles. The highest BCUT2D eigenvalue weighted by molar-refractivity contribution is 8.04. The van der Waals surface area contributed by atoms with Crippen molar-refractivity contribution in [2.24, 2.45) is 0 Å². The molecule has 38 heavy (non-hydrogen) atoms. The lowest BCUT2D eigenvalue weighted by molar-refractivity contribution is -0.114. The van der Waals surface area contributed by atoms with Gasteiger partial charge in [0.25, 0.3) is 11.8 Å². The van der Waals surface area contributed by atoms with Crippen LogP contribution in [0.2, 0.25) is 0 Å². The first kappa shape index (κ1) is 25.6. The molecule has 0 radical (unpaired) electrons. The van der Waals surface area contributed by atoms with E-state index in [-0.39, 0.29) is 11.8 Å². The van der Waals surface area contributed by atoms with Gasteiger partial charge in [-0.3, -0.25) is 9.59 Å². The maximum atomic E-state index is 13.6. The molecule has 0 saturated carbocycles. The summed E-state index contributed by atoms with van der Waals surface area (Å²) >= 11 is 1.49. The van der Waals surface area contributed by atoms with E-state index in [1.54, 1.807) is 0 Å². The Morgan fingerprint density at radius 1 is 0.868 bits per heavy atom. The Bertz CT molecular complexity index is 1490. The number of fused-ring (bicyclic) bond motifs is 1. The van der Waals surface area contributed by atoms with Crippen LogP contribution >= 0.6 is 11.8 Å². The van der Waals surface area contributed by atoms with Gasteiger partial charge in [-0.05, 0) is 72.9 Å². The number of nitrogens with zero attached hydrogens (tertiary/aromatic N) is 1. The predicted molar refractivity (Wildman–Crippen MR) is 156 cm³/mol. The third-order valence-corrected chi connectivity index (χ3v) is 7.79. The van der Waals surface area contributed by atoms with Crippen LogP contribution in [0.5, 0.6) is 0 Å². The lowest BCUT2D eigenvalue weighted by Crippen LogP contribution is -2.33. The van der Waals surface area contributed by atoms with Gasteiger partial charge in [0.1, 0.15) is 0 Å². The number of nitrogens with one attached hydrogen (secondary N) is 1. The molecular formula is C33H30N2O2S. The molecule has 2 amide bonds. The number of hydrogen-bond donors (Lipinski definition) is 1. The Hall–Kier alpha value is -4.09. The monoisotopic (exact) mass is 518 g/mol. The van der Waals surface area contributed by atoms with Crippen molar-refractivity contribution in [3.63, 3.8) is 0 Å². The maximum Gasteiger partial charge on any atom is 0.265 e. The van der Waals surface area contributed by atoms with Gasteiger partial charge in [-0.15, -0.1) is 0 Å². The number of benzene rings is 4. The molecule has 190 valence electrons. The Morgan fingerprint density at radius 3 is 2.34 bits per heavy atom. The number of carbonyl (C=O) groups is 2. The zero-order valence-corrected chi connectivity index (χ0v) is 22.4. The minimum atomic E-state index is -0.0993. The van der Waals surface area contributed by atoms with E-state index in [1.165, 1.54) is 22.9 Å². The minimum absolute atomic E-state index is 0.0186. The first-order chi connectivity index (χ1) is 18.5. The molecule has 1 N–H and O–H groups in total. The van der Waals surface area contributed by atoms with E-state index in [2.05, 4.69) is 61.6 Å². The summed E-state index contributed by atoms with van der Waals surface area (Å²) in [7, 11) is 0. The van der Waals surface area contributed by atoms with E-state index in [1.807, 2.05) is 65.6 Å². The second-order valence-corrected chi connectivity index (χ2v) is 10.6. The summed E-state index contributed by atoms with van der Waals surface area (Å²) in [4.78, 5) is 29.8. The quantitative estimate of drug-likeness (QED) is 0.269. The molecule has 0 fully saturated rings. The van der Waals surface area contributed by atoms with Crippen molar-refractivity contribution in [1.82, 2.24) is 5.32 Å². The van der Waals surface area contributed by atoms with Gasteiger partial charge >= 0.3 is 0 Å². The van der Waals surface area contributed by atoms with Crippen LogP contribution in [0.15, 0.2) is 107 Å². The largest absolute Gasteiger partial charge is 0.352 e. The summed E-state index contributed by atoms with van der Waals surface area (Å²) in [5.74, 6) is -0.118. The Morgan fingerprint density at radius 2 is 1.58 bits per heavy atom. The smallest absolute Gasteiger partial charge is 0.265 e. The molecule has 0 bridgehead atoms. The van der Waals surface area contributed by atoms with E-state index in [0.29, 0.717) is 23.6 Å². The number of para-hydroxylation sites is 1. The predicted octanol–water partition coefficient (Wildman–Crippen LogP) is 6.96. The SMILES string of the molecule is Cc1ccc(CCNC(=O)c2ccc(/C=C3/Sc4ccccc4N(Cc4ccccc4C)C3=O)cc2)cc1. The van der Waals surface area contributed by atoms with Crippen LogP contribution in [0.1, 0.15) is 38.2 Å². The summed E-state index contributed by atoms with van der Waals surface area (Å²) in [5.41, 5.74) is 7.13. The third kappa shape index (κ3) is 5.90. The van der Waals surface area contributed by atoms with E-state index in [4.69, 9.17) is 0 Å². The van der Waals surface area contributed by atoms with Gasteiger partial charge in [-0.1, -0.05) is 90.1 Å². The summed E-state index contributed by atoms with van der Waals surface area (Å²) < 4.78 is 0. The van der Waals surface area contributed by atoms with Crippen LogP contribution in [0.3, 0.4) is 0 Å². The summed E-state index contributed by atoms with van der Waals surface area (Å²) in [5, 5.41) is 3.00. The average molecular weight is 519 g/mol. The van der Waals surface area contributed by atoms with Crippen molar-refractivity contribution >= 4 is 35.3 Å². The third-order valence-electron chi connectivity index (χ3n) is 6.71. The van der Waals surface area contributed by atoms with Crippen LogP contribution < -0.4 is 10.2 Å². The number of aryl methyl sites for hydroxylation is 2. The molecule has 5 rings (SSSR count). The Balaban J connectivity index is 1.29. The van der Waals surface area contributed by atoms with Crippen LogP contribution in [-0.2, 0) is 17.8 Å². The molecule has 4 nitrogen and oxygen atoms in total. The lowest BCUT2D eigenvalue weighted by Gasteiger charge is -2.31. The standard InChI is InChI=1S/C33H30N2O2S/c1-23-11-13-25(14-12-23)19-20-34-32(36)27-17-15-26(16-18-27)21-31-33(37)35(22-28-8-4-3-7-24(28)2)29-9-5-6-10-30(29)38-31/h3-18,21H,19-20,22H2,1-2H3,(H,34,36)/b31-21+. The molecule has 0 saturated heterocycles. The van der Waals surface area contributed by atoms with Crippen molar-refractivity contribution in [1.29, 1.82) is 0 Å². The van der Waals surface area contributed by atoms with Crippen molar-refractivity contribution in [2.75, 3.05) is 11.4 Å². The number of rotatable bonds is 7. The highest BCUT2D eigenvalue weighted by Crippen LogP contribution is 2.42. The van der Waals surface area contributed by atoms with E-state index < -0.39 is 0 Å². The summed E-state index contributed by atoms with van der Waals surface area (Å²) in [6.07, 6.45) is 2.70. The zero-order valence-electron chi connectivity index (χ0n) is 21.6. The van der Waals surface area contributed by atoms with Gasteiger partial charge in [0.05, 0.1) is 17.1 Å². The molecule has 4 aromatic rings. The molecule has 0 unspecified atom stereocenters. The normalized spacial score (nSPS) is 13.9. The fraction of sp³-hybridized carbons (Fsp3) is 0.152. The number of hydrogen-bond acceptors (Lipinski definition) is 3. The first-order valence-corrected chi connectivity index (χ1v) is 13.6. The maximum absolute atomic E-state index is 13.6. The molecule has 0 aromatic heterocycles. The van der Waals surface area contributed by atoms with Crippen LogP contribution in [0, 0.1) is 13.8 Å². The van der Waals surface area contributed by atoms with Gasteiger partial charge in [0.2, 0.25) is 0 Å². The molecule has 0 atom stereocenters. The fourth-order valence-corrected chi connectivity index (χ4v) is 5.50. The number of amides is 2. The van der Waals surface area contributed by atoms with E-state index in [0.717, 1.165) is 33.7 Å². The number of anilines is 1. The minimum Gasteiger partial charge on any atom is -0.352 e. The lowest BCUT2D eigenvalue weighted by atomic mass is 10.1. The number of carbonyl (C=O) groups excluding carboxylic acids is 2. The Labute approximate surface area is 228 Å². The topological polar surface area (TPSA) is 49.4 Å². The van der Waals surface area contributed by atoms with E-state index in [9.17, 15) is 9.59 Å². The molecule has 4 aromatic carbocycles. The van der Waals surface area contributed by atoms with Gasteiger partial charge in [0, 0.05) is 17.0 Å². The molecule has 5 heteroatoms. The average Bonchev–Trinajstić information content (AvgIpc) is 2.93. The zero-order chi connectivity index (χ0) is 26.5. The van der Waals surface area contributed by atoms with Crippen molar-refractivity contribution < 1.29 is 9.59 Å². The van der Waals surface area contributed by atoms with Crippen molar-refractivity contribution in [2.45, 2.75) is 31.7 Å². The van der Waals surface area contributed by atoms with Crippen molar-refractivity contribution in [3.05, 3.63) is 135 Å². The van der Waals surface area contributed by atoms with Gasteiger partial charge in [-0.2, -0.15) is 0 Å². The van der Waals surface area contributed by atoms with Crippen LogP contribution in [0.25, 0.3) is 6.08 Å². The van der Waals surface area contributed by atoms with Crippen LogP contribution in [0.4, 0.5) is 5.69 Å². The Kier molecular flexibility index (Phi) is 7.75. The second kappa shape index (κ2) is 11.5. The van der Waals surface area contributed by atoms with Crippen molar-refractivity contribution in [3.8, 4) is 0 Å². The molecule has 0 aliphatic carbocycles. The molecule has 0 spiro atoms. The van der Waals surface area contributed by atoms with E-state index >= 15 is 0 Å². The fourth-order valence-electron chi connectivity index (χ4n) is 4.44.